The van der Waals surface area contributed by atoms with E-state index in [1.165, 1.54) is 24.3 Å². The zero-order valence-electron chi connectivity index (χ0n) is 15.8. The molecule has 158 valence electrons. The van der Waals surface area contributed by atoms with Gasteiger partial charge in [-0.3, -0.25) is 14.8 Å². The molecule has 0 aromatic heterocycles. The Hall–Kier alpha value is -3.07. The Kier molecular flexibility index (Phi) is 4.93. The van der Waals surface area contributed by atoms with Crippen LogP contribution in [0.4, 0.5) is 13.2 Å². The van der Waals surface area contributed by atoms with Gasteiger partial charge in [-0.25, -0.2) is 5.48 Å². The molecule has 0 bridgehead atoms. The molecule has 1 fully saturated rings. The van der Waals surface area contributed by atoms with Gasteiger partial charge in [-0.1, -0.05) is 18.2 Å². The lowest BCUT2D eigenvalue weighted by molar-refractivity contribution is -0.137. The standard InChI is InChI=1S/C21H19F3N2O4/c22-21(23,24)16-5-3-15(4-6-16)20(7-8-20)19(28)26-9-10-30-17-11-13(18(27)25-29)1-2-14(17)12-26/h1-6,11,29H,7-10,12H2,(H,25,27). The number of alkyl halides is 3. The van der Waals surface area contributed by atoms with Crippen LogP contribution in [0.5, 0.6) is 5.75 Å². The maximum Gasteiger partial charge on any atom is 0.416 e. The zero-order chi connectivity index (χ0) is 21.5. The molecule has 1 saturated carbocycles. The minimum absolute atomic E-state index is 0.143. The van der Waals surface area contributed by atoms with Gasteiger partial charge < -0.3 is 9.64 Å². The second-order valence-electron chi connectivity index (χ2n) is 7.50. The highest BCUT2D eigenvalue weighted by molar-refractivity contribution is 5.94. The summed E-state index contributed by atoms with van der Waals surface area (Å²) < 4.78 is 44.2. The summed E-state index contributed by atoms with van der Waals surface area (Å²) in [6.45, 7) is 0.793. The van der Waals surface area contributed by atoms with Gasteiger partial charge in [-0.15, -0.1) is 0 Å². The maximum absolute atomic E-state index is 13.3. The predicted octanol–water partition coefficient (Wildman–Crippen LogP) is 3.28. The van der Waals surface area contributed by atoms with Gasteiger partial charge in [0.2, 0.25) is 5.91 Å². The minimum Gasteiger partial charge on any atom is -0.491 e. The van der Waals surface area contributed by atoms with Crippen LogP contribution in [-0.4, -0.2) is 35.1 Å². The summed E-state index contributed by atoms with van der Waals surface area (Å²) in [5, 5.41) is 8.77. The number of rotatable bonds is 3. The quantitative estimate of drug-likeness (QED) is 0.590. The van der Waals surface area contributed by atoms with Gasteiger partial charge in [0.05, 0.1) is 17.5 Å². The number of benzene rings is 2. The molecule has 9 heteroatoms. The van der Waals surface area contributed by atoms with E-state index in [2.05, 4.69) is 0 Å². The average Bonchev–Trinajstić information content (AvgIpc) is 3.56. The van der Waals surface area contributed by atoms with Crippen LogP contribution in [0.2, 0.25) is 0 Å². The van der Waals surface area contributed by atoms with Crippen LogP contribution >= 0.6 is 0 Å². The molecular weight excluding hydrogens is 401 g/mol. The third kappa shape index (κ3) is 3.60. The normalized spacial score (nSPS) is 17.4. The molecule has 2 amide bonds. The molecule has 4 rings (SSSR count). The van der Waals surface area contributed by atoms with Gasteiger partial charge in [0.25, 0.3) is 5.91 Å². The molecular formula is C21H19F3N2O4. The molecule has 1 aliphatic heterocycles. The molecule has 2 aromatic carbocycles. The fraction of sp³-hybridized carbons (Fsp3) is 0.333. The molecule has 1 aliphatic carbocycles. The van der Waals surface area contributed by atoms with Crippen LogP contribution < -0.4 is 10.2 Å². The van der Waals surface area contributed by atoms with E-state index in [1.54, 1.807) is 16.4 Å². The Balaban J connectivity index is 1.55. The van der Waals surface area contributed by atoms with E-state index in [0.29, 0.717) is 36.3 Å². The van der Waals surface area contributed by atoms with Crippen molar-refractivity contribution >= 4 is 11.8 Å². The number of nitrogens with one attached hydrogen (secondary N) is 1. The van der Waals surface area contributed by atoms with Crippen LogP contribution in [0.15, 0.2) is 42.5 Å². The van der Waals surface area contributed by atoms with Crippen molar-refractivity contribution in [2.45, 2.75) is 31.0 Å². The molecule has 30 heavy (non-hydrogen) atoms. The predicted molar refractivity (Wildman–Crippen MR) is 99.0 cm³/mol. The second-order valence-corrected chi connectivity index (χ2v) is 7.50. The first-order chi connectivity index (χ1) is 14.2. The van der Waals surface area contributed by atoms with E-state index in [-0.39, 0.29) is 24.6 Å². The number of ether oxygens (including phenoxy) is 1. The molecule has 0 atom stereocenters. The van der Waals surface area contributed by atoms with Crippen LogP contribution in [-0.2, 0) is 22.9 Å². The monoisotopic (exact) mass is 420 g/mol. The number of hydrogen-bond donors (Lipinski definition) is 2. The smallest absolute Gasteiger partial charge is 0.416 e. The lowest BCUT2D eigenvalue weighted by atomic mass is 9.93. The zero-order valence-corrected chi connectivity index (χ0v) is 15.8. The third-order valence-electron chi connectivity index (χ3n) is 5.62. The van der Waals surface area contributed by atoms with E-state index in [4.69, 9.17) is 9.94 Å². The van der Waals surface area contributed by atoms with Crippen molar-refractivity contribution in [1.82, 2.24) is 10.4 Å². The van der Waals surface area contributed by atoms with E-state index in [1.807, 2.05) is 0 Å². The van der Waals surface area contributed by atoms with E-state index < -0.39 is 23.1 Å². The molecule has 2 aliphatic rings. The number of carbonyl (C=O) groups excluding carboxylic acids is 2. The van der Waals surface area contributed by atoms with Crippen LogP contribution in [0.1, 0.15) is 39.9 Å². The van der Waals surface area contributed by atoms with Gasteiger partial charge in [0.15, 0.2) is 0 Å². The van der Waals surface area contributed by atoms with Crippen molar-refractivity contribution < 1.29 is 32.7 Å². The highest BCUT2D eigenvalue weighted by Gasteiger charge is 2.53. The molecule has 6 nitrogen and oxygen atoms in total. The number of nitrogens with zero attached hydrogens (tertiary/aromatic N) is 1. The summed E-state index contributed by atoms with van der Waals surface area (Å²) in [7, 11) is 0. The minimum atomic E-state index is -4.42. The Morgan fingerprint density at radius 3 is 2.40 bits per heavy atom. The van der Waals surface area contributed by atoms with Crippen LogP contribution in [0.3, 0.4) is 0 Å². The van der Waals surface area contributed by atoms with Crippen LogP contribution in [0, 0.1) is 0 Å². The number of hydrogen-bond acceptors (Lipinski definition) is 4. The van der Waals surface area contributed by atoms with Crippen molar-refractivity contribution in [3.63, 3.8) is 0 Å². The molecule has 0 radical (unpaired) electrons. The van der Waals surface area contributed by atoms with E-state index in [9.17, 15) is 22.8 Å². The summed E-state index contributed by atoms with van der Waals surface area (Å²) in [5.74, 6) is -0.362. The summed E-state index contributed by atoms with van der Waals surface area (Å²) in [5.41, 5.74) is 1.53. The summed E-state index contributed by atoms with van der Waals surface area (Å²) in [4.78, 5) is 26.5. The van der Waals surface area contributed by atoms with Crippen molar-refractivity contribution in [1.29, 1.82) is 0 Å². The number of halogens is 3. The topological polar surface area (TPSA) is 78.9 Å². The number of fused-ring (bicyclic) bond motifs is 1. The van der Waals surface area contributed by atoms with E-state index in [0.717, 1.165) is 12.1 Å². The maximum atomic E-state index is 13.3. The number of carbonyl (C=O) groups is 2. The molecule has 1 heterocycles. The van der Waals surface area contributed by atoms with Crippen molar-refractivity contribution in [3.05, 3.63) is 64.7 Å². The third-order valence-corrected chi connectivity index (χ3v) is 5.62. The summed E-state index contributed by atoms with van der Waals surface area (Å²) in [6.07, 6.45) is -3.26. The number of amides is 2. The molecule has 0 spiro atoms. The summed E-state index contributed by atoms with van der Waals surface area (Å²) >= 11 is 0. The first-order valence-electron chi connectivity index (χ1n) is 9.42. The van der Waals surface area contributed by atoms with Gasteiger partial charge >= 0.3 is 6.18 Å². The largest absolute Gasteiger partial charge is 0.491 e. The fourth-order valence-electron chi connectivity index (χ4n) is 3.78. The average molecular weight is 420 g/mol. The Labute approximate surface area is 170 Å². The lowest BCUT2D eigenvalue weighted by Crippen LogP contribution is -2.40. The Morgan fingerprint density at radius 2 is 1.80 bits per heavy atom. The highest BCUT2D eigenvalue weighted by atomic mass is 19.4. The van der Waals surface area contributed by atoms with E-state index >= 15 is 0 Å². The van der Waals surface area contributed by atoms with Gasteiger partial charge in [-0.2, -0.15) is 13.2 Å². The summed E-state index contributed by atoms with van der Waals surface area (Å²) in [6, 6.07) is 9.46. The molecule has 2 aromatic rings. The van der Waals surface area contributed by atoms with Gasteiger partial charge in [0, 0.05) is 17.7 Å². The first-order valence-corrected chi connectivity index (χ1v) is 9.42. The SMILES string of the molecule is O=C(NO)c1ccc2c(c1)OCCN(C(=O)C1(c3ccc(C(F)(F)F)cc3)CC1)C2. The fourth-order valence-corrected chi connectivity index (χ4v) is 3.78. The van der Waals surface area contributed by atoms with Crippen LogP contribution in [0.25, 0.3) is 0 Å². The molecule has 0 unspecified atom stereocenters. The Morgan fingerprint density at radius 1 is 1.10 bits per heavy atom. The van der Waals surface area contributed by atoms with Crippen molar-refractivity contribution in [2.24, 2.45) is 0 Å². The second kappa shape index (κ2) is 7.32. The van der Waals surface area contributed by atoms with Gasteiger partial charge in [-0.05, 0) is 42.7 Å². The van der Waals surface area contributed by atoms with Crippen molar-refractivity contribution in [3.8, 4) is 5.75 Å². The van der Waals surface area contributed by atoms with Gasteiger partial charge in [0.1, 0.15) is 12.4 Å². The lowest BCUT2D eigenvalue weighted by Gasteiger charge is -2.26. The molecule has 2 N–H and O–H groups in total. The first kappa shape index (κ1) is 20.2. The van der Waals surface area contributed by atoms with Crippen molar-refractivity contribution in [2.75, 3.05) is 13.2 Å². The highest BCUT2D eigenvalue weighted by Crippen LogP contribution is 2.50. The number of hydroxylamine groups is 1. The Bertz CT molecular complexity index is 985. The molecule has 0 saturated heterocycles.